The van der Waals surface area contributed by atoms with Crippen molar-refractivity contribution in [2.75, 3.05) is 0 Å². The van der Waals surface area contributed by atoms with Crippen LogP contribution in [0.4, 0.5) is 0 Å². The van der Waals surface area contributed by atoms with Gasteiger partial charge in [0.15, 0.2) is 0 Å². The van der Waals surface area contributed by atoms with Crippen LogP contribution >= 0.6 is 34.9 Å². The number of hydrogen-bond acceptors (Lipinski definition) is 0. The van der Waals surface area contributed by atoms with E-state index in [1.807, 2.05) is 0 Å². The van der Waals surface area contributed by atoms with Crippen LogP contribution in [0.2, 0.25) is 0 Å². The Morgan fingerprint density at radius 2 is 0.806 bits per heavy atom. The molecule has 2 rings (SSSR count). The van der Waals surface area contributed by atoms with E-state index in [-0.39, 0.29) is 30.7 Å². The summed E-state index contributed by atoms with van der Waals surface area (Å²) in [6, 6.07) is 0. The fourth-order valence-corrected chi connectivity index (χ4v) is 18.0. The summed E-state index contributed by atoms with van der Waals surface area (Å²) in [7, 11) is 8.84. The van der Waals surface area contributed by atoms with Crippen molar-refractivity contribution < 1.29 is 36.4 Å². The van der Waals surface area contributed by atoms with E-state index in [1.165, 1.54) is 64.2 Å². The van der Waals surface area contributed by atoms with Gasteiger partial charge in [0.2, 0.25) is 0 Å². The van der Waals surface area contributed by atoms with Crippen molar-refractivity contribution in [3.05, 3.63) is 14.9 Å². The Morgan fingerprint density at radius 1 is 0.528 bits per heavy atom. The third-order valence-electron chi connectivity index (χ3n) is 7.01. The van der Waals surface area contributed by atoms with Crippen molar-refractivity contribution in [1.82, 2.24) is 0 Å². The van der Waals surface area contributed by atoms with E-state index in [4.69, 9.17) is 0 Å². The maximum absolute atomic E-state index is 4.49. The summed E-state index contributed by atoms with van der Waals surface area (Å²) in [6.45, 7) is 29.6. The molecule has 0 amide bonds. The molecule has 0 aromatic heterocycles. The summed E-state index contributed by atoms with van der Waals surface area (Å²) in [6.07, 6.45) is 14.9. The first-order valence-electron chi connectivity index (χ1n) is 13.4. The van der Waals surface area contributed by atoms with Crippen molar-refractivity contribution >= 4 is 34.9 Å². The summed E-state index contributed by atoms with van der Waals surface area (Å²) < 4.78 is 0. The SMILES string of the molecule is CC(C)(C)P(C1CCCCC1)C(C)(C)C.CC(C)(C)[PH+](C1CCCCC1)C(C)(C)C.[CH3-].[CH3-].[Cl][Pd+].[Cl][Pd+]. The first-order valence-corrected chi connectivity index (χ1v) is 20.4. The number of rotatable bonds is 2. The van der Waals surface area contributed by atoms with Gasteiger partial charge in [0, 0.05) is 7.92 Å². The Balaban J connectivity index is -0.000000238. The van der Waals surface area contributed by atoms with Crippen LogP contribution in [-0.2, 0) is 36.4 Å². The van der Waals surface area contributed by atoms with E-state index >= 15 is 0 Å². The molecule has 0 radical (unpaired) electrons. The van der Waals surface area contributed by atoms with Gasteiger partial charge in [-0.25, -0.2) is 0 Å². The van der Waals surface area contributed by atoms with E-state index in [0.717, 1.165) is 11.3 Å². The molecule has 2 fully saturated rings. The number of hydrogen-bond donors (Lipinski definition) is 0. The van der Waals surface area contributed by atoms with Gasteiger partial charge < -0.3 is 14.9 Å². The second kappa shape index (κ2) is 21.5. The zero-order valence-corrected chi connectivity index (χ0v) is 33.1. The van der Waals surface area contributed by atoms with Gasteiger partial charge in [0.1, 0.15) is 0 Å². The molecule has 0 heterocycles. The Bertz CT molecular complexity index is 417. The molecule has 0 unspecified atom stereocenters. The summed E-state index contributed by atoms with van der Waals surface area (Å²) in [5, 5.41) is 2.17. The van der Waals surface area contributed by atoms with Gasteiger partial charge in [-0.05, 0) is 96.0 Å². The zero-order chi connectivity index (χ0) is 27.4. The van der Waals surface area contributed by atoms with Crippen LogP contribution < -0.4 is 0 Å². The first kappa shape index (κ1) is 45.7. The topological polar surface area (TPSA) is 0 Å². The van der Waals surface area contributed by atoms with E-state index in [0.29, 0.717) is 20.6 Å². The molecular weight excluding hydrogens is 706 g/mol. The summed E-state index contributed by atoms with van der Waals surface area (Å²) in [5.74, 6) is 0. The quantitative estimate of drug-likeness (QED) is 0.149. The van der Waals surface area contributed by atoms with Gasteiger partial charge >= 0.3 is 55.4 Å². The predicted molar refractivity (Wildman–Crippen MR) is 173 cm³/mol. The zero-order valence-electron chi connectivity index (χ0n) is 26.6. The van der Waals surface area contributed by atoms with Crippen LogP contribution in [0.1, 0.15) is 147 Å². The third kappa shape index (κ3) is 18.2. The van der Waals surface area contributed by atoms with Crippen LogP contribution in [-0.4, -0.2) is 31.9 Å². The minimum atomic E-state index is -0.276. The molecule has 2 aliphatic carbocycles. The van der Waals surface area contributed by atoms with Gasteiger partial charge in [0.25, 0.3) is 0 Å². The van der Waals surface area contributed by atoms with Gasteiger partial charge in [-0.1, -0.05) is 75.1 Å². The molecule has 0 bridgehead atoms. The summed E-state index contributed by atoms with van der Waals surface area (Å²) in [5.41, 5.74) is 2.11. The molecule has 2 saturated carbocycles. The van der Waals surface area contributed by atoms with Crippen molar-refractivity contribution in [2.45, 2.75) is 179 Å². The van der Waals surface area contributed by atoms with Crippen LogP contribution in [0.3, 0.4) is 0 Å². The van der Waals surface area contributed by atoms with Crippen molar-refractivity contribution in [2.24, 2.45) is 0 Å². The van der Waals surface area contributed by atoms with Gasteiger partial charge in [0.05, 0.1) is 16.0 Å². The summed E-state index contributed by atoms with van der Waals surface area (Å²) >= 11 is 4.44. The predicted octanol–water partition coefficient (Wildman–Crippen LogP) is 12.8. The molecule has 0 nitrogen and oxygen atoms in total. The van der Waals surface area contributed by atoms with Crippen molar-refractivity contribution in [3.8, 4) is 0 Å². The standard InChI is InChI=1S/2C14H29P.2CH3.2ClH.2Pd/c2*1-13(2,3)15(14(4,5)6)12-10-8-7-9-11-12;;;;;;/h2*12H,7-11H2,1-6H3;2*1H3;2*1H;;/q;;2*-1;;;2*+2/p-1. The molecule has 0 saturated heterocycles. The van der Waals surface area contributed by atoms with Gasteiger partial charge in [-0.15, -0.1) is 0 Å². The Labute approximate surface area is 263 Å². The molecule has 228 valence electrons. The Hall–Kier alpha value is 2.76. The van der Waals surface area contributed by atoms with Gasteiger partial charge in [-0.2, -0.15) is 0 Å². The second-order valence-electron chi connectivity index (χ2n) is 14.3. The van der Waals surface area contributed by atoms with E-state index in [9.17, 15) is 0 Å². The second-order valence-corrected chi connectivity index (χ2v) is 23.0. The Kier molecular flexibility index (Phi) is 27.3. The fourth-order valence-electron chi connectivity index (χ4n) is 7.18. The van der Waals surface area contributed by atoms with Crippen LogP contribution in [0, 0.1) is 14.9 Å². The van der Waals surface area contributed by atoms with Crippen molar-refractivity contribution in [3.63, 3.8) is 0 Å². The molecule has 0 aliphatic heterocycles. The molecule has 2 aliphatic rings. The molecule has 6 heteroatoms. The fraction of sp³-hybridized carbons (Fsp3) is 0.933. The van der Waals surface area contributed by atoms with Crippen LogP contribution in [0.15, 0.2) is 0 Å². The molecule has 36 heavy (non-hydrogen) atoms. The molecule has 0 aromatic carbocycles. The van der Waals surface area contributed by atoms with Crippen LogP contribution in [0.25, 0.3) is 0 Å². The average Bonchev–Trinajstić information content (AvgIpc) is 2.69. The minimum absolute atomic E-state index is 0. The normalized spacial score (nSPS) is 17.9. The Morgan fingerprint density at radius 3 is 1.06 bits per heavy atom. The van der Waals surface area contributed by atoms with E-state index in [1.54, 1.807) is 0 Å². The molecule has 0 atom stereocenters. The number of halogens is 2. The van der Waals surface area contributed by atoms with Crippen LogP contribution in [0.5, 0.6) is 0 Å². The first-order chi connectivity index (χ1) is 15.5. The molecule has 0 aromatic rings. The monoisotopic (exact) mass is 769 g/mol. The third-order valence-corrected chi connectivity index (χ3v) is 15.8. The molecule has 0 N–H and O–H groups in total. The molecular formula is C30H65Cl2P2Pd2+. The molecule has 0 spiro atoms. The maximum atomic E-state index is 4.49. The van der Waals surface area contributed by atoms with Crippen molar-refractivity contribution in [1.29, 1.82) is 0 Å². The average molecular weight is 772 g/mol. The van der Waals surface area contributed by atoms with E-state index in [2.05, 4.69) is 139 Å². The van der Waals surface area contributed by atoms with Gasteiger partial charge in [-0.3, -0.25) is 0 Å². The van der Waals surface area contributed by atoms with E-state index < -0.39 is 0 Å². The summed E-state index contributed by atoms with van der Waals surface area (Å²) in [4.78, 5) is 0.